The molecular formula is C72H120O8. The zero-order chi connectivity index (χ0) is 58.3. The first-order valence-corrected chi connectivity index (χ1v) is 33.4. The highest BCUT2D eigenvalue weighted by atomic mass is 16.4. The highest BCUT2D eigenvalue weighted by Gasteiger charge is 2.42. The Morgan fingerprint density at radius 2 is 0.637 bits per heavy atom. The van der Waals surface area contributed by atoms with Crippen LogP contribution in [0.25, 0.3) is 0 Å². The van der Waals surface area contributed by atoms with Crippen LogP contribution in [-0.2, 0) is 19.2 Å². The van der Waals surface area contributed by atoms with Crippen molar-refractivity contribution in [3.05, 3.63) is 86.6 Å². The van der Waals surface area contributed by atoms with Crippen LogP contribution < -0.4 is 0 Å². The fourth-order valence-electron chi connectivity index (χ4n) is 13.7. The third-order valence-electron chi connectivity index (χ3n) is 18.2. The van der Waals surface area contributed by atoms with E-state index in [9.17, 15) is 19.2 Å². The molecule has 0 spiro atoms. The van der Waals surface area contributed by atoms with Gasteiger partial charge in [0.25, 0.3) is 0 Å². The van der Waals surface area contributed by atoms with E-state index in [1.54, 1.807) is 0 Å². The van der Waals surface area contributed by atoms with Crippen LogP contribution in [0, 0.1) is 59.2 Å². The van der Waals surface area contributed by atoms with Crippen molar-refractivity contribution in [3.8, 4) is 0 Å². The Morgan fingerprint density at radius 1 is 0.338 bits per heavy atom. The number of carboxylic acids is 4. The molecule has 3 rings (SSSR count). The second-order valence-corrected chi connectivity index (χ2v) is 24.6. The van der Waals surface area contributed by atoms with E-state index in [0.29, 0.717) is 78.9 Å². The SMILES string of the molecule is C=CCCCC1C=CC2C(C=CC(CCCCCCCC(=O)O)C2CCCCCCCC(=O)O)C1CCCCC.C=CCCCCC1C=CC(CCCCCCCC(=O)O)C(/C=C\CCCCCCCC(=O)O)C1CCCCC=C. The van der Waals surface area contributed by atoms with Crippen LogP contribution >= 0.6 is 0 Å². The minimum Gasteiger partial charge on any atom is -0.481 e. The summed E-state index contributed by atoms with van der Waals surface area (Å²) >= 11 is 0. The second kappa shape index (κ2) is 48.6. The molecule has 10 unspecified atom stereocenters. The van der Waals surface area contributed by atoms with Crippen LogP contribution in [0.3, 0.4) is 0 Å². The predicted molar refractivity (Wildman–Crippen MR) is 337 cm³/mol. The topological polar surface area (TPSA) is 149 Å². The van der Waals surface area contributed by atoms with Crippen molar-refractivity contribution in [1.29, 1.82) is 0 Å². The van der Waals surface area contributed by atoms with Crippen molar-refractivity contribution in [3.63, 3.8) is 0 Å². The number of hydrogen-bond acceptors (Lipinski definition) is 4. The van der Waals surface area contributed by atoms with Crippen molar-refractivity contribution < 1.29 is 39.6 Å². The lowest BCUT2D eigenvalue weighted by atomic mass is 9.58. The number of hydrogen-bond donors (Lipinski definition) is 4. The monoisotopic (exact) mass is 1110 g/mol. The van der Waals surface area contributed by atoms with Gasteiger partial charge in [-0.05, 0) is 181 Å². The van der Waals surface area contributed by atoms with Gasteiger partial charge in [-0.15, -0.1) is 19.7 Å². The van der Waals surface area contributed by atoms with Crippen molar-refractivity contribution in [2.24, 2.45) is 59.2 Å². The van der Waals surface area contributed by atoms with Crippen molar-refractivity contribution in [2.75, 3.05) is 0 Å². The molecule has 0 saturated carbocycles. The van der Waals surface area contributed by atoms with Crippen LogP contribution in [0.4, 0.5) is 0 Å². The van der Waals surface area contributed by atoms with Crippen LogP contribution in [0.15, 0.2) is 86.6 Å². The Morgan fingerprint density at radius 3 is 1.09 bits per heavy atom. The standard InChI is InChI=1S/2C36H60O4/c1-3-5-13-19-29-25-27-34-32(22-16-10-8-12-18-24-36(39)40)30(20-15-9-7-11-17-23-35(37)38)26-28-33(34)31(29)21-14-6-4-2;1-3-5-7-17-23-31-29-30-32(24-18-13-12-16-22-28-36(39)40)34(33(31)25-19-8-6-4-2)26-20-14-10-9-11-15-21-27-35(37)38/h3,25-34H,1,4-24H2,2H3,(H,37,38)(H,39,40);3-4,20,26,29-34H,1-2,5-19,21-25,27-28H2,(H,37,38)(H,39,40)/b;26-20-. The van der Waals surface area contributed by atoms with Gasteiger partial charge in [0.15, 0.2) is 0 Å². The maximum atomic E-state index is 10.8. The molecule has 8 nitrogen and oxygen atoms in total. The molecule has 0 aromatic heterocycles. The summed E-state index contributed by atoms with van der Waals surface area (Å²) in [6.45, 7) is 14.1. The molecule has 4 N–H and O–H groups in total. The average Bonchev–Trinajstić information content (AvgIpc) is 3.48. The summed E-state index contributed by atoms with van der Waals surface area (Å²) in [5.74, 6) is 3.96. The average molecular weight is 1110 g/mol. The summed E-state index contributed by atoms with van der Waals surface area (Å²) in [7, 11) is 0. The first-order chi connectivity index (χ1) is 39.0. The largest absolute Gasteiger partial charge is 0.481 e. The predicted octanol–water partition coefficient (Wildman–Crippen LogP) is 21.1. The normalized spacial score (nSPS) is 23.1. The van der Waals surface area contributed by atoms with Gasteiger partial charge in [0, 0.05) is 25.7 Å². The van der Waals surface area contributed by atoms with E-state index in [1.165, 1.54) is 148 Å². The van der Waals surface area contributed by atoms with Gasteiger partial charge < -0.3 is 20.4 Å². The minimum atomic E-state index is -0.685. The summed E-state index contributed by atoms with van der Waals surface area (Å²) < 4.78 is 0. The molecule has 0 amide bonds. The third kappa shape index (κ3) is 34.5. The Labute approximate surface area is 490 Å². The van der Waals surface area contributed by atoms with Gasteiger partial charge in [-0.1, -0.05) is 202 Å². The molecule has 80 heavy (non-hydrogen) atoms. The first kappa shape index (κ1) is 72.2. The lowest BCUT2D eigenvalue weighted by Crippen LogP contribution is -2.39. The molecule has 10 atom stereocenters. The van der Waals surface area contributed by atoms with Gasteiger partial charge in [0.2, 0.25) is 0 Å². The highest BCUT2D eigenvalue weighted by molar-refractivity contribution is 5.67. The van der Waals surface area contributed by atoms with Gasteiger partial charge >= 0.3 is 23.9 Å². The minimum absolute atomic E-state index is 0.293. The summed E-state index contributed by atoms with van der Waals surface area (Å²) in [5, 5.41) is 35.4. The summed E-state index contributed by atoms with van der Waals surface area (Å²) in [5.41, 5.74) is 0. The molecule has 8 heteroatoms. The first-order valence-electron chi connectivity index (χ1n) is 33.4. The van der Waals surface area contributed by atoms with Gasteiger partial charge in [0.1, 0.15) is 0 Å². The molecule has 0 heterocycles. The maximum absolute atomic E-state index is 10.8. The fourth-order valence-corrected chi connectivity index (χ4v) is 13.7. The number of fused-ring (bicyclic) bond motifs is 1. The molecule has 0 fully saturated rings. The molecule has 0 aromatic rings. The van der Waals surface area contributed by atoms with E-state index in [2.05, 4.69) is 81.3 Å². The molecule has 0 aromatic carbocycles. The van der Waals surface area contributed by atoms with E-state index in [-0.39, 0.29) is 0 Å². The fraction of sp³-hybridized carbons (Fsp3) is 0.750. The van der Waals surface area contributed by atoms with Crippen LogP contribution in [0.1, 0.15) is 283 Å². The molecule has 3 aliphatic carbocycles. The number of unbranched alkanes of at least 4 members (excludes halogenated alkanes) is 24. The quantitative estimate of drug-likeness (QED) is 0.0348. The summed E-state index contributed by atoms with van der Waals surface area (Å²) in [6, 6.07) is 0. The van der Waals surface area contributed by atoms with Crippen LogP contribution in [-0.4, -0.2) is 44.3 Å². The molecule has 0 saturated heterocycles. The number of allylic oxidation sites excluding steroid dienone is 11. The zero-order valence-corrected chi connectivity index (χ0v) is 51.1. The van der Waals surface area contributed by atoms with E-state index in [0.717, 1.165) is 109 Å². The summed E-state index contributed by atoms with van der Waals surface area (Å²) in [4.78, 5) is 43.0. The molecular weight excluding hydrogens is 993 g/mol. The van der Waals surface area contributed by atoms with Gasteiger partial charge in [0.05, 0.1) is 0 Å². The van der Waals surface area contributed by atoms with Gasteiger partial charge in [-0.3, -0.25) is 19.2 Å². The molecule has 456 valence electrons. The second-order valence-electron chi connectivity index (χ2n) is 24.6. The Kier molecular flexibility index (Phi) is 43.8. The van der Waals surface area contributed by atoms with Crippen LogP contribution in [0.5, 0.6) is 0 Å². The Hall–Kier alpha value is -3.94. The zero-order valence-electron chi connectivity index (χ0n) is 51.1. The van der Waals surface area contributed by atoms with Crippen LogP contribution in [0.2, 0.25) is 0 Å². The Balaban J connectivity index is 0.000000547. The van der Waals surface area contributed by atoms with Crippen molar-refractivity contribution in [1.82, 2.24) is 0 Å². The molecule has 0 aliphatic heterocycles. The molecule has 0 bridgehead atoms. The number of rotatable bonds is 51. The van der Waals surface area contributed by atoms with E-state index < -0.39 is 23.9 Å². The number of aliphatic carboxylic acids is 4. The Bertz CT molecular complexity index is 1760. The van der Waals surface area contributed by atoms with E-state index >= 15 is 0 Å². The van der Waals surface area contributed by atoms with Crippen molar-refractivity contribution in [2.45, 2.75) is 283 Å². The van der Waals surface area contributed by atoms with E-state index in [4.69, 9.17) is 20.4 Å². The summed E-state index contributed by atoms with van der Waals surface area (Å²) in [6.07, 6.45) is 73.0. The number of carboxylic acid groups (broad SMARTS) is 4. The highest BCUT2D eigenvalue weighted by Crippen LogP contribution is 2.50. The van der Waals surface area contributed by atoms with Gasteiger partial charge in [-0.2, -0.15) is 0 Å². The molecule has 0 radical (unpaired) electrons. The van der Waals surface area contributed by atoms with E-state index in [1.807, 2.05) is 12.2 Å². The maximum Gasteiger partial charge on any atom is 0.303 e. The van der Waals surface area contributed by atoms with Gasteiger partial charge in [-0.25, -0.2) is 0 Å². The smallest absolute Gasteiger partial charge is 0.303 e. The third-order valence-corrected chi connectivity index (χ3v) is 18.2. The lowest BCUT2D eigenvalue weighted by molar-refractivity contribution is -0.138. The molecule has 3 aliphatic rings. The van der Waals surface area contributed by atoms with Crippen molar-refractivity contribution >= 4 is 23.9 Å². The number of carbonyl (C=O) groups is 4. The lowest BCUT2D eigenvalue weighted by Gasteiger charge is -2.46.